The van der Waals surface area contributed by atoms with Crippen molar-refractivity contribution in [2.24, 2.45) is 5.41 Å². The van der Waals surface area contributed by atoms with Crippen LogP contribution in [0.4, 0.5) is 0 Å². The monoisotopic (exact) mass is 542 g/mol. The summed E-state index contributed by atoms with van der Waals surface area (Å²) in [6.07, 6.45) is 0.715. The molecule has 3 amide bonds. The number of imidazole rings is 1. The van der Waals surface area contributed by atoms with Gasteiger partial charge in [0.05, 0.1) is 29.7 Å². The van der Waals surface area contributed by atoms with Gasteiger partial charge in [-0.1, -0.05) is 32.9 Å². The van der Waals surface area contributed by atoms with Crippen molar-refractivity contribution in [3.05, 3.63) is 60.0 Å². The van der Waals surface area contributed by atoms with Gasteiger partial charge in [0.15, 0.2) is 5.82 Å². The average Bonchev–Trinajstić information content (AvgIpc) is 3.71. The van der Waals surface area contributed by atoms with Gasteiger partial charge >= 0.3 is 0 Å². The largest absolute Gasteiger partial charge is 0.494 e. The van der Waals surface area contributed by atoms with Gasteiger partial charge in [0.2, 0.25) is 5.91 Å². The predicted molar refractivity (Wildman–Crippen MR) is 151 cm³/mol. The molecule has 0 saturated carbocycles. The zero-order valence-electron chi connectivity index (χ0n) is 23.2. The number of hydrogen-bond donors (Lipinski definition) is 3. The number of amides is 3. The highest BCUT2D eigenvalue weighted by molar-refractivity contribution is 6.01. The van der Waals surface area contributed by atoms with E-state index in [1.165, 1.54) is 0 Å². The first kappa shape index (κ1) is 25.9. The topological polar surface area (TPSA) is 123 Å². The third-order valence-corrected chi connectivity index (χ3v) is 7.91. The number of rotatable bonds is 6. The summed E-state index contributed by atoms with van der Waals surface area (Å²) in [6, 6.07) is 14.0. The van der Waals surface area contributed by atoms with Gasteiger partial charge in [-0.15, -0.1) is 0 Å². The van der Waals surface area contributed by atoms with E-state index < -0.39 is 11.5 Å². The summed E-state index contributed by atoms with van der Waals surface area (Å²) < 4.78 is 5.57. The number of benzene rings is 2. The molecule has 208 valence electrons. The van der Waals surface area contributed by atoms with Crippen LogP contribution >= 0.6 is 0 Å². The van der Waals surface area contributed by atoms with Crippen LogP contribution in [0.3, 0.4) is 0 Å². The smallest absolute Gasteiger partial charge is 0.290 e. The first-order chi connectivity index (χ1) is 19.1. The molecule has 2 aliphatic heterocycles. The number of aromatic amines is 2. The molecule has 0 unspecified atom stereocenters. The second kappa shape index (κ2) is 9.69. The van der Waals surface area contributed by atoms with Crippen molar-refractivity contribution in [1.82, 2.24) is 30.1 Å². The highest BCUT2D eigenvalue weighted by Gasteiger charge is 2.50. The van der Waals surface area contributed by atoms with E-state index in [2.05, 4.69) is 20.3 Å². The summed E-state index contributed by atoms with van der Waals surface area (Å²) in [7, 11) is 0. The maximum absolute atomic E-state index is 13.9. The van der Waals surface area contributed by atoms with Gasteiger partial charge < -0.3 is 29.8 Å². The second-order valence-electron chi connectivity index (χ2n) is 11.7. The third kappa shape index (κ3) is 4.57. The number of likely N-dealkylation sites (tertiary alicyclic amines) is 2. The number of aromatic nitrogens is 3. The average molecular weight is 543 g/mol. The summed E-state index contributed by atoms with van der Waals surface area (Å²) in [5, 5.41) is 3.86. The molecule has 2 fully saturated rings. The lowest BCUT2D eigenvalue weighted by Gasteiger charge is -2.39. The van der Waals surface area contributed by atoms with Crippen LogP contribution in [-0.2, 0) is 4.79 Å². The summed E-state index contributed by atoms with van der Waals surface area (Å²) >= 11 is 0. The Kier molecular flexibility index (Phi) is 6.28. The molecule has 0 spiro atoms. The lowest BCUT2D eigenvalue weighted by molar-refractivity contribution is -0.138. The van der Waals surface area contributed by atoms with Crippen LogP contribution in [0.2, 0.25) is 0 Å². The van der Waals surface area contributed by atoms with Crippen LogP contribution < -0.4 is 10.1 Å². The van der Waals surface area contributed by atoms with Crippen molar-refractivity contribution < 1.29 is 19.1 Å². The number of ether oxygens (including phenoxy) is 1. The van der Waals surface area contributed by atoms with Gasteiger partial charge in [0, 0.05) is 24.0 Å². The molecular weight excluding hydrogens is 508 g/mol. The number of nitrogens with one attached hydrogen (secondary N) is 3. The highest BCUT2D eigenvalue weighted by Crippen LogP contribution is 2.34. The van der Waals surface area contributed by atoms with E-state index in [1.54, 1.807) is 6.07 Å². The lowest BCUT2D eigenvalue weighted by Crippen LogP contribution is -2.59. The Bertz CT molecular complexity index is 1580. The fourth-order valence-corrected chi connectivity index (χ4v) is 5.89. The van der Waals surface area contributed by atoms with Crippen molar-refractivity contribution in [3.63, 3.8) is 0 Å². The van der Waals surface area contributed by atoms with Gasteiger partial charge in [-0.05, 0) is 55.2 Å². The normalized spacial score (nSPS) is 19.4. The van der Waals surface area contributed by atoms with E-state index in [1.807, 2.05) is 80.0 Å². The Morgan fingerprint density at radius 2 is 1.77 bits per heavy atom. The van der Waals surface area contributed by atoms with E-state index in [-0.39, 0.29) is 29.8 Å². The summed E-state index contributed by atoms with van der Waals surface area (Å²) in [5.41, 5.74) is 2.25. The van der Waals surface area contributed by atoms with E-state index in [0.29, 0.717) is 37.6 Å². The molecule has 3 atom stereocenters. The molecule has 2 bridgehead atoms. The Morgan fingerprint density at radius 1 is 1.02 bits per heavy atom. The molecule has 4 heterocycles. The van der Waals surface area contributed by atoms with Gasteiger partial charge in [-0.25, -0.2) is 4.98 Å². The molecule has 0 aliphatic carbocycles. The molecule has 10 heteroatoms. The summed E-state index contributed by atoms with van der Waals surface area (Å²) in [4.78, 5) is 54.8. The number of carbonyl (C=O) groups is 3. The SMILES string of the molecule is CCOc1ccc2[nH]c(C(=O)N[C@H](C(=O)N3C[C@@H]4C[C@H]3CN4C(=O)c3nc4ccccc4[nH]3)C(C)(C)C)cc2c1. The number of H-pyrrole nitrogens is 2. The van der Waals surface area contributed by atoms with Gasteiger partial charge in [0.25, 0.3) is 11.8 Å². The second-order valence-corrected chi connectivity index (χ2v) is 11.7. The van der Waals surface area contributed by atoms with Crippen molar-refractivity contribution in [2.75, 3.05) is 19.7 Å². The molecule has 2 saturated heterocycles. The lowest BCUT2D eigenvalue weighted by atomic mass is 9.85. The maximum atomic E-state index is 13.9. The van der Waals surface area contributed by atoms with E-state index in [9.17, 15) is 14.4 Å². The quantitative estimate of drug-likeness (QED) is 0.343. The first-order valence-corrected chi connectivity index (χ1v) is 13.7. The minimum absolute atomic E-state index is 0.0841. The third-order valence-electron chi connectivity index (χ3n) is 7.91. The Morgan fingerprint density at radius 3 is 2.48 bits per heavy atom. The summed E-state index contributed by atoms with van der Waals surface area (Å²) in [5.74, 6) is 0.439. The molecule has 3 N–H and O–H groups in total. The van der Waals surface area contributed by atoms with E-state index in [0.717, 1.165) is 27.7 Å². The van der Waals surface area contributed by atoms with Crippen molar-refractivity contribution in [1.29, 1.82) is 0 Å². The fourth-order valence-electron chi connectivity index (χ4n) is 5.89. The zero-order chi connectivity index (χ0) is 28.2. The van der Waals surface area contributed by atoms with Crippen LogP contribution in [0, 0.1) is 5.41 Å². The highest BCUT2D eigenvalue weighted by atomic mass is 16.5. The number of hydrogen-bond acceptors (Lipinski definition) is 5. The van der Waals surface area contributed by atoms with Crippen LogP contribution in [0.25, 0.3) is 21.9 Å². The van der Waals surface area contributed by atoms with Gasteiger partial charge in [0.1, 0.15) is 17.5 Å². The minimum Gasteiger partial charge on any atom is -0.494 e. The van der Waals surface area contributed by atoms with Gasteiger partial charge in [-0.3, -0.25) is 14.4 Å². The molecular formula is C30H34N6O4. The molecule has 2 aromatic carbocycles. The predicted octanol–water partition coefficient (Wildman–Crippen LogP) is 3.71. The van der Waals surface area contributed by atoms with Gasteiger partial charge in [-0.2, -0.15) is 0 Å². The summed E-state index contributed by atoms with van der Waals surface area (Å²) in [6.45, 7) is 9.20. The minimum atomic E-state index is -0.732. The van der Waals surface area contributed by atoms with E-state index >= 15 is 0 Å². The van der Waals surface area contributed by atoms with Crippen LogP contribution in [0.15, 0.2) is 48.5 Å². The maximum Gasteiger partial charge on any atom is 0.290 e. The number of fused-ring (bicyclic) bond motifs is 4. The number of para-hydroxylation sites is 2. The van der Waals surface area contributed by atoms with Crippen LogP contribution in [-0.4, -0.2) is 80.3 Å². The zero-order valence-corrected chi connectivity index (χ0v) is 23.2. The Labute approximate surface area is 232 Å². The molecule has 4 aromatic rings. The molecule has 0 radical (unpaired) electrons. The molecule has 40 heavy (non-hydrogen) atoms. The fraction of sp³-hybridized carbons (Fsp3) is 0.400. The number of carbonyl (C=O) groups excluding carboxylic acids is 3. The molecule has 10 nitrogen and oxygen atoms in total. The van der Waals surface area contributed by atoms with E-state index in [4.69, 9.17) is 4.74 Å². The molecule has 2 aromatic heterocycles. The van der Waals surface area contributed by atoms with Crippen LogP contribution in [0.5, 0.6) is 5.75 Å². The molecule has 6 rings (SSSR count). The van der Waals surface area contributed by atoms with Crippen molar-refractivity contribution >= 4 is 39.7 Å². The van der Waals surface area contributed by atoms with Crippen molar-refractivity contribution in [2.45, 2.75) is 52.2 Å². The number of piperazine rings is 1. The number of nitrogens with zero attached hydrogens (tertiary/aromatic N) is 3. The standard InChI is InChI=1S/C30H34N6O4/c1-5-40-20-10-11-21-17(12-20)13-24(31-21)27(37)34-25(30(2,3)4)28(38)35-15-19-14-18(35)16-36(19)29(39)26-32-22-8-6-7-9-23(22)33-26/h6-13,18-19,25,31H,5,14-16H2,1-4H3,(H,32,33)(H,34,37)/t18-,19-,25+/m0/s1. The Balaban J connectivity index is 1.15. The molecule has 2 aliphatic rings. The Hall–Kier alpha value is -4.34. The van der Waals surface area contributed by atoms with Crippen molar-refractivity contribution in [3.8, 4) is 5.75 Å². The van der Waals surface area contributed by atoms with Crippen LogP contribution in [0.1, 0.15) is 55.2 Å². The first-order valence-electron chi connectivity index (χ1n) is 13.7.